The van der Waals surface area contributed by atoms with Gasteiger partial charge in [0.2, 0.25) is 0 Å². The molecule has 2 N–H and O–H groups in total. The Kier molecular flexibility index (Phi) is 14.1. The number of ether oxygens (including phenoxy) is 2. The van der Waals surface area contributed by atoms with Crippen LogP contribution in [0.1, 0.15) is 26.7 Å². The quantitative estimate of drug-likeness (QED) is 0.370. The summed E-state index contributed by atoms with van der Waals surface area (Å²) in [6.07, 6.45) is 12.7. The summed E-state index contributed by atoms with van der Waals surface area (Å²) in [5.41, 5.74) is 0. The van der Waals surface area contributed by atoms with Crippen molar-refractivity contribution in [2.75, 3.05) is 26.4 Å². The summed E-state index contributed by atoms with van der Waals surface area (Å²) >= 11 is 0. The maximum Gasteiger partial charge on any atom is 0.166 e. The van der Waals surface area contributed by atoms with Gasteiger partial charge in [0.05, 0.1) is 13.2 Å². The average Bonchev–Trinajstić information content (AvgIpc) is 2.54. The number of hydrogen-bond acceptors (Lipinski definition) is 4. The van der Waals surface area contributed by atoms with Crippen LogP contribution in [0.25, 0.3) is 0 Å². The van der Waals surface area contributed by atoms with Crippen LogP contribution in [0.5, 0.6) is 0 Å². The minimum absolute atomic E-state index is 0.0330. The van der Waals surface area contributed by atoms with Crippen LogP contribution < -0.4 is 0 Å². The second-order valence-corrected chi connectivity index (χ2v) is 4.17. The molecule has 0 bridgehead atoms. The van der Waals surface area contributed by atoms with E-state index in [0.717, 1.165) is 6.42 Å². The van der Waals surface area contributed by atoms with Crippen molar-refractivity contribution < 1.29 is 19.7 Å². The third kappa shape index (κ3) is 11.8. The first-order chi connectivity index (χ1) is 10.8. The van der Waals surface area contributed by atoms with Gasteiger partial charge in [-0.3, -0.25) is 0 Å². The van der Waals surface area contributed by atoms with Crippen LogP contribution in [0.15, 0.2) is 48.0 Å². The molecule has 0 aromatic carbocycles. The first kappa shape index (κ1) is 20.0. The SMILES string of the molecule is C/C=C/C/C=C(/C#C/C=C(/C/C=C/C)OCCO)OCCO. The zero-order valence-electron chi connectivity index (χ0n) is 13.4. The summed E-state index contributed by atoms with van der Waals surface area (Å²) in [5, 5.41) is 17.6. The molecule has 4 nitrogen and oxygen atoms in total. The van der Waals surface area contributed by atoms with E-state index in [4.69, 9.17) is 19.7 Å². The van der Waals surface area contributed by atoms with E-state index < -0.39 is 0 Å². The van der Waals surface area contributed by atoms with Crippen LogP contribution in [0.2, 0.25) is 0 Å². The second kappa shape index (κ2) is 15.4. The molecule has 0 atom stereocenters. The van der Waals surface area contributed by atoms with Gasteiger partial charge in [-0.1, -0.05) is 30.2 Å². The Morgan fingerprint density at radius 2 is 1.68 bits per heavy atom. The van der Waals surface area contributed by atoms with E-state index in [-0.39, 0.29) is 26.4 Å². The van der Waals surface area contributed by atoms with Gasteiger partial charge < -0.3 is 19.7 Å². The molecule has 0 aliphatic heterocycles. The van der Waals surface area contributed by atoms with E-state index in [0.29, 0.717) is 17.9 Å². The zero-order chi connectivity index (χ0) is 16.5. The Bertz CT molecular complexity index is 447. The van der Waals surface area contributed by atoms with Gasteiger partial charge in [-0.15, -0.1) is 0 Å². The van der Waals surface area contributed by atoms with Gasteiger partial charge in [-0.25, -0.2) is 0 Å². The summed E-state index contributed by atoms with van der Waals surface area (Å²) in [7, 11) is 0. The summed E-state index contributed by atoms with van der Waals surface area (Å²) in [6, 6.07) is 0. The third-order valence-electron chi connectivity index (χ3n) is 2.39. The molecule has 0 aromatic heterocycles. The number of hydrogen-bond donors (Lipinski definition) is 2. The summed E-state index contributed by atoms with van der Waals surface area (Å²) < 4.78 is 10.8. The highest BCUT2D eigenvalue weighted by molar-refractivity contribution is 5.30. The first-order valence-electron chi connectivity index (χ1n) is 7.38. The van der Waals surface area contributed by atoms with Crippen molar-refractivity contribution in [1.29, 1.82) is 0 Å². The maximum atomic E-state index is 8.82. The van der Waals surface area contributed by atoms with Crippen LogP contribution in [-0.4, -0.2) is 36.6 Å². The molecule has 0 amide bonds. The van der Waals surface area contributed by atoms with Crippen LogP contribution in [0.3, 0.4) is 0 Å². The van der Waals surface area contributed by atoms with E-state index in [9.17, 15) is 0 Å². The minimum Gasteiger partial charge on any atom is -0.495 e. The van der Waals surface area contributed by atoms with Crippen molar-refractivity contribution in [1.82, 2.24) is 0 Å². The molecule has 4 heteroatoms. The lowest BCUT2D eigenvalue weighted by Gasteiger charge is -2.05. The van der Waals surface area contributed by atoms with E-state index in [1.54, 1.807) is 6.08 Å². The summed E-state index contributed by atoms with van der Waals surface area (Å²) in [4.78, 5) is 0. The highest BCUT2D eigenvalue weighted by Crippen LogP contribution is 2.05. The van der Waals surface area contributed by atoms with E-state index >= 15 is 0 Å². The standard InChI is InChI=1S/C18H26O4/c1-3-5-7-10-18(22-16-14-20)12-8-11-17(9-6-4-2)21-15-13-19/h3-6,10-11,19-20H,7,9,13-16H2,1-2H3/b5-3+,6-4+,17-11-,18-10-. The lowest BCUT2D eigenvalue weighted by molar-refractivity contribution is 0.142. The van der Waals surface area contributed by atoms with Crippen molar-refractivity contribution in [3.05, 3.63) is 48.0 Å². The Morgan fingerprint density at radius 3 is 2.32 bits per heavy atom. The topological polar surface area (TPSA) is 58.9 Å². The molecular weight excluding hydrogens is 280 g/mol. The molecule has 0 unspecified atom stereocenters. The molecule has 0 aliphatic carbocycles. The van der Waals surface area contributed by atoms with Crippen LogP contribution in [-0.2, 0) is 9.47 Å². The highest BCUT2D eigenvalue weighted by Gasteiger charge is 1.95. The van der Waals surface area contributed by atoms with Gasteiger partial charge >= 0.3 is 0 Å². The maximum absolute atomic E-state index is 8.82. The fourth-order valence-corrected chi connectivity index (χ4v) is 1.37. The number of aliphatic hydroxyl groups excluding tert-OH is 2. The van der Waals surface area contributed by atoms with Crippen molar-refractivity contribution in [3.63, 3.8) is 0 Å². The molecular formula is C18H26O4. The fourth-order valence-electron chi connectivity index (χ4n) is 1.37. The van der Waals surface area contributed by atoms with Crippen molar-refractivity contribution >= 4 is 0 Å². The van der Waals surface area contributed by atoms with Crippen molar-refractivity contribution in [2.45, 2.75) is 26.7 Å². The fraction of sp³-hybridized carbons (Fsp3) is 0.444. The predicted octanol–water partition coefficient (Wildman–Crippen LogP) is 2.71. The predicted molar refractivity (Wildman–Crippen MR) is 88.9 cm³/mol. The molecule has 0 fully saturated rings. The van der Waals surface area contributed by atoms with Gasteiger partial charge in [-0.05, 0) is 32.3 Å². The zero-order valence-corrected chi connectivity index (χ0v) is 13.4. The van der Waals surface area contributed by atoms with Gasteiger partial charge in [0.25, 0.3) is 0 Å². The molecule has 0 saturated heterocycles. The van der Waals surface area contributed by atoms with Crippen LogP contribution in [0, 0.1) is 11.8 Å². The summed E-state index contributed by atoms with van der Waals surface area (Å²) in [5.74, 6) is 7.00. The van der Waals surface area contributed by atoms with E-state index in [1.807, 2.05) is 44.2 Å². The van der Waals surface area contributed by atoms with Crippen molar-refractivity contribution in [2.24, 2.45) is 0 Å². The Balaban J connectivity index is 4.86. The monoisotopic (exact) mass is 306 g/mol. The molecule has 0 radical (unpaired) electrons. The second-order valence-electron chi connectivity index (χ2n) is 4.17. The minimum atomic E-state index is -0.0510. The number of aliphatic hydroxyl groups is 2. The molecule has 0 spiro atoms. The third-order valence-corrected chi connectivity index (χ3v) is 2.39. The summed E-state index contributed by atoms with van der Waals surface area (Å²) in [6.45, 7) is 4.25. The van der Waals surface area contributed by atoms with Gasteiger partial charge in [0, 0.05) is 12.5 Å². The highest BCUT2D eigenvalue weighted by atomic mass is 16.5. The number of allylic oxidation sites excluding steroid dienone is 7. The molecule has 0 aliphatic rings. The average molecular weight is 306 g/mol. The van der Waals surface area contributed by atoms with Gasteiger partial charge in [-0.2, -0.15) is 0 Å². The molecule has 122 valence electrons. The lowest BCUT2D eigenvalue weighted by Crippen LogP contribution is -1.99. The Hall–Kier alpha value is -1.96. The van der Waals surface area contributed by atoms with Crippen LogP contribution >= 0.6 is 0 Å². The number of rotatable bonds is 10. The Labute approximate surface area is 133 Å². The lowest BCUT2D eigenvalue weighted by atomic mass is 10.3. The molecule has 0 saturated carbocycles. The normalized spacial score (nSPS) is 12.5. The smallest absolute Gasteiger partial charge is 0.166 e. The van der Waals surface area contributed by atoms with Crippen molar-refractivity contribution in [3.8, 4) is 11.8 Å². The molecule has 0 heterocycles. The van der Waals surface area contributed by atoms with Crippen LogP contribution in [0.4, 0.5) is 0 Å². The van der Waals surface area contributed by atoms with Gasteiger partial charge in [0.15, 0.2) is 5.76 Å². The molecule has 0 rings (SSSR count). The first-order valence-corrected chi connectivity index (χ1v) is 7.38. The van der Waals surface area contributed by atoms with E-state index in [1.165, 1.54) is 0 Å². The molecule has 22 heavy (non-hydrogen) atoms. The van der Waals surface area contributed by atoms with E-state index in [2.05, 4.69) is 11.8 Å². The molecule has 0 aromatic rings. The Morgan fingerprint density at radius 1 is 1.00 bits per heavy atom. The van der Waals surface area contributed by atoms with Gasteiger partial charge in [0.1, 0.15) is 19.0 Å². The largest absolute Gasteiger partial charge is 0.495 e.